The fourth-order valence-electron chi connectivity index (χ4n) is 1.25. The van der Waals surface area contributed by atoms with Crippen molar-refractivity contribution in [1.29, 1.82) is 0 Å². The van der Waals surface area contributed by atoms with Crippen molar-refractivity contribution in [2.75, 3.05) is 0 Å². The summed E-state index contributed by atoms with van der Waals surface area (Å²) in [6.45, 7) is 0.291. The molecular weight excluding hydrogens is 200 g/mol. The number of nitrogens with zero attached hydrogens (tertiary/aromatic N) is 1. The zero-order valence-corrected chi connectivity index (χ0v) is 8.20. The summed E-state index contributed by atoms with van der Waals surface area (Å²) in [7, 11) is 0. The molecule has 0 aromatic carbocycles. The van der Waals surface area contributed by atoms with Gasteiger partial charge in [-0.25, -0.2) is 4.79 Å². The average Bonchev–Trinajstić information content (AvgIpc) is 2.77. The van der Waals surface area contributed by atoms with Crippen LogP contribution >= 0.6 is 11.3 Å². The molecule has 1 atom stereocenters. The summed E-state index contributed by atoms with van der Waals surface area (Å²) >= 11 is 1.53. The number of aliphatic hydroxyl groups is 1. The van der Waals surface area contributed by atoms with Gasteiger partial charge in [-0.1, -0.05) is 0 Å². The zero-order chi connectivity index (χ0) is 9.97. The van der Waals surface area contributed by atoms with E-state index < -0.39 is 6.10 Å². The van der Waals surface area contributed by atoms with Gasteiger partial charge in [0.1, 0.15) is 0 Å². The molecule has 0 radical (unpaired) electrons. The number of H-pyrrole nitrogens is 1. The van der Waals surface area contributed by atoms with E-state index in [9.17, 15) is 9.90 Å². The number of rotatable bonds is 3. The fourth-order valence-corrected chi connectivity index (χ4v) is 1.96. The molecule has 2 aromatic heterocycles. The highest BCUT2D eigenvalue weighted by Gasteiger charge is 2.09. The van der Waals surface area contributed by atoms with E-state index in [0.29, 0.717) is 6.54 Å². The van der Waals surface area contributed by atoms with E-state index in [0.717, 1.165) is 5.56 Å². The van der Waals surface area contributed by atoms with Gasteiger partial charge < -0.3 is 10.1 Å². The Morgan fingerprint density at radius 1 is 1.64 bits per heavy atom. The smallest absolute Gasteiger partial charge is 0.325 e. The second-order valence-electron chi connectivity index (χ2n) is 2.99. The Hall–Kier alpha value is -1.33. The molecule has 0 fully saturated rings. The lowest BCUT2D eigenvalue weighted by Crippen LogP contribution is -2.19. The van der Waals surface area contributed by atoms with Crippen molar-refractivity contribution in [2.24, 2.45) is 0 Å². The minimum atomic E-state index is -0.616. The third kappa shape index (κ3) is 1.78. The minimum Gasteiger partial charge on any atom is -0.387 e. The first-order valence-corrected chi connectivity index (χ1v) is 5.15. The number of hydrogen-bond donors (Lipinski definition) is 2. The van der Waals surface area contributed by atoms with Crippen molar-refractivity contribution >= 4 is 11.3 Å². The molecule has 2 rings (SSSR count). The maximum absolute atomic E-state index is 11.1. The molecule has 0 amide bonds. The van der Waals surface area contributed by atoms with E-state index >= 15 is 0 Å². The highest BCUT2D eigenvalue weighted by Crippen LogP contribution is 2.16. The maximum Gasteiger partial charge on any atom is 0.325 e. The molecule has 74 valence electrons. The lowest BCUT2D eigenvalue weighted by atomic mass is 10.2. The van der Waals surface area contributed by atoms with E-state index in [1.807, 2.05) is 16.8 Å². The van der Waals surface area contributed by atoms with Gasteiger partial charge in [0.15, 0.2) is 0 Å². The molecule has 0 aliphatic rings. The summed E-state index contributed by atoms with van der Waals surface area (Å²) in [6, 6.07) is 1.85. The highest BCUT2D eigenvalue weighted by atomic mass is 32.1. The molecule has 1 unspecified atom stereocenters. The quantitative estimate of drug-likeness (QED) is 0.793. The number of aromatic nitrogens is 2. The van der Waals surface area contributed by atoms with Crippen LogP contribution in [0.15, 0.2) is 34.0 Å². The third-order valence-corrected chi connectivity index (χ3v) is 2.72. The third-order valence-electron chi connectivity index (χ3n) is 2.02. The summed E-state index contributed by atoms with van der Waals surface area (Å²) in [5.74, 6) is 0. The van der Waals surface area contributed by atoms with Crippen molar-refractivity contribution in [3.8, 4) is 0 Å². The SMILES string of the molecule is O=c1[nH]ccn1CC(O)c1ccsc1. The van der Waals surface area contributed by atoms with Gasteiger partial charge in [-0.05, 0) is 22.4 Å². The largest absolute Gasteiger partial charge is 0.387 e. The van der Waals surface area contributed by atoms with Gasteiger partial charge in [-0.2, -0.15) is 11.3 Å². The minimum absolute atomic E-state index is 0.195. The van der Waals surface area contributed by atoms with Crippen molar-refractivity contribution in [1.82, 2.24) is 9.55 Å². The first kappa shape index (κ1) is 9.23. The normalized spacial score (nSPS) is 12.9. The topological polar surface area (TPSA) is 58.0 Å². The molecule has 2 N–H and O–H groups in total. The number of aliphatic hydroxyl groups excluding tert-OH is 1. The van der Waals surface area contributed by atoms with Crippen molar-refractivity contribution < 1.29 is 5.11 Å². The monoisotopic (exact) mass is 210 g/mol. The predicted molar refractivity (Wildman–Crippen MR) is 54.3 cm³/mol. The van der Waals surface area contributed by atoms with Crippen LogP contribution in [0.3, 0.4) is 0 Å². The Bertz CT molecular complexity index is 443. The number of thiophene rings is 1. The predicted octanol–water partition coefficient (Wildman–Crippen LogP) is 0.972. The van der Waals surface area contributed by atoms with E-state index in [4.69, 9.17) is 0 Å². The lowest BCUT2D eigenvalue weighted by molar-refractivity contribution is 0.155. The van der Waals surface area contributed by atoms with Crippen LogP contribution in [0.1, 0.15) is 11.7 Å². The average molecular weight is 210 g/mol. The molecule has 0 aliphatic carbocycles. The molecular formula is C9H10N2O2S. The molecule has 14 heavy (non-hydrogen) atoms. The molecule has 0 saturated heterocycles. The molecule has 2 heterocycles. The van der Waals surface area contributed by atoms with E-state index in [1.54, 1.807) is 12.4 Å². The molecule has 0 bridgehead atoms. The van der Waals surface area contributed by atoms with Crippen molar-refractivity contribution in [3.05, 3.63) is 45.3 Å². The molecule has 0 saturated carbocycles. The second-order valence-corrected chi connectivity index (χ2v) is 3.77. The zero-order valence-electron chi connectivity index (χ0n) is 7.38. The van der Waals surface area contributed by atoms with Crippen LogP contribution in [0.25, 0.3) is 0 Å². The highest BCUT2D eigenvalue weighted by molar-refractivity contribution is 7.07. The van der Waals surface area contributed by atoms with Crippen LogP contribution in [0, 0.1) is 0 Å². The lowest BCUT2D eigenvalue weighted by Gasteiger charge is -2.08. The van der Waals surface area contributed by atoms with Crippen LogP contribution < -0.4 is 5.69 Å². The number of aromatic amines is 1. The molecule has 2 aromatic rings. The maximum atomic E-state index is 11.1. The standard InChI is InChI=1S/C9H10N2O2S/c12-8(7-1-4-14-6-7)5-11-3-2-10-9(11)13/h1-4,6,8,12H,5H2,(H,10,13). The summed E-state index contributed by atoms with van der Waals surface area (Å²) in [6.07, 6.45) is 2.57. The summed E-state index contributed by atoms with van der Waals surface area (Å²) in [5, 5.41) is 13.5. The molecule has 0 aliphatic heterocycles. The van der Waals surface area contributed by atoms with Gasteiger partial charge in [0.25, 0.3) is 0 Å². The molecule has 4 nitrogen and oxygen atoms in total. The molecule has 5 heteroatoms. The Balaban J connectivity index is 2.13. The van der Waals surface area contributed by atoms with Crippen molar-refractivity contribution in [3.63, 3.8) is 0 Å². The first-order chi connectivity index (χ1) is 6.77. The Kier molecular flexibility index (Phi) is 2.51. The van der Waals surface area contributed by atoms with Crippen molar-refractivity contribution in [2.45, 2.75) is 12.6 Å². The van der Waals surface area contributed by atoms with Gasteiger partial charge in [0.05, 0.1) is 12.6 Å². The Morgan fingerprint density at radius 2 is 2.50 bits per heavy atom. The number of hydrogen-bond acceptors (Lipinski definition) is 3. The van der Waals surface area contributed by atoms with Gasteiger partial charge in [-0.15, -0.1) is 0 Å². The molecule has 0 spiro atoms. The number of nitrogens with one attached hydrogen (secondary N) is 1. The van der Waals surface area contributed by atoms with Gasteiger partial charge in [-0.3, -0.25) is 4.57 Å². The second kappa shape index (κ2) is 3.81. The number of imidazole rings is 1. The summed E-state index contributed by atoms with van der Waals surface area (Å²) in [4.78, 5) is 13.6. The van der Waals surface area contributed by atoms with Gasteiger partial charge >= 0.3 is 5.69 Å². The van der Waals surface area contributed by atoms with Crippen LogP contribution in [0.2, 0.25) is 0 Å². The van der Waals surface area contributed by atoms with Gasteiger partial charge in [0, 0.05) is 12.4 Å². The van der Waals surface area contributed by atoms with Crippen LogP contribution in [-0.2, 0) is 6.54 Å². The van der Waals surface area contributed by atoms with Crippen LogP contribution in [0.4, 0.5) is 0 Å². The van der Waals surface area contributed by atoms with E-state index in [2.05, 4.69) is 4.98 Å². The van der Waals surface area contributed by atoms with E-state index in [-0.39, 0.29) is 5.69 Å². The Morgan fingerprint density at radius 3 is 3.07 bits per heavy atom. The van der Waals surface area contributed by atoms with Gasteiger partial charge in [0.2, 0.25) is 0 Å². The van der Waals surface area contributed by atoms with Crippen LogP contribution in [0.5, 0.6) is 0 Å². The Labute approximate surface area is 84.5 Å². The fraction of sp³-hybridized carbons (Fsp3) is 0.222. The first-order valence-electron chi connectivity index (χ1n) is 4.21. The van der Waals surface area contributed by atoms with Crippen LogP contribution in [-0.4, -0.2) is 14.7 Å². The van der Waals surface area contributed by atoms with E-state index in [1.165, 1.54) is 15.9 Å². The summed E-state index contributed by atoms with van der Waals surface area (Å²) in [5.41, 5.74) is 0.655. The summed E-state index contributed by atoms with van der Waals surface area (Å²) < 4.78 is 1.45.